The molecule has 0 bridgehead atoms. The highest BCUT2D eigenvalue weighted by atomic mass is 35.5. The molecule has 1 atom stereocenters. The summed E-state index contributed by atoms with van der Waals surface area (Å²) in [5, 5.41) is 3.00. The van der Waals surface area contributed by atoms with Crippen molar-refractivity contribution in [1.29, 1.82) is 0 Å². The maximum atomic E-state index is 12.0. The van der Waals surface area contributed by atoms with E-state index < -0.39 is 18.0 Å². The summed E-state index contributed by atoms with van der Waals surface area (Å²) in [6.07, 6.45) is 0.429. The van der Waals surface area contributed by atoms with Crippen LogP contribution in [0, 0.1) is 13.8 Å². The van der Waals surface area contributed by atoms with Crippen LogP contribution < -0.4 is 10.1 Å². The molecule has 1 aromatic heterocycles. The van der Waals surface area contributed by atoms with E-state index in [4.69, 9.17) is 21.1 Å². The average Bonchev–Trinajstić information content (AvgIpc) is 2.57. The monoisotopic (exact) mass is 362 g/mol. The normalized spacial score (nSPS) is 11.5. The van der Waals surface area contributed by atoms with Gasteiger partial charge >= 0.3 is 5.97 Å². The highest BCUT2D eigenvalue weighted by Gasteiger charge is 2.19. The summed E-state index contributed by atoms with van der Waals surface area (Å²) in [6.45, 7) is 5.01. The fourth-order valence-corrected chi connectivity index (χ4v) is 2.07. The molecular weight excluding hydrogens is 344 g/mol. The molecule has 2 aromatic rings. The Kier molecular flexibility index (Phi) is 6.36. The predicted octanol–water partition coefficient (Wildman–Crippen LogP) is 3.30. The Morgan fingerprint density at radius 1 is 1.24 bits per heavy atom. The van der Waals surface area contributed by atoms with Gasteiger partial charge in [0.2, 0.25) is 0 Å². The number of carbonyl (C=O) groups is 2. The van der Waals surface area contributed by atoms with E-state index in [1.165, 1.54) is 13.1 Å². The van der Waals surface area contributed by atoms with Crippen molar-refractivity contribution in [1.82, 2.24) is 4.98 Å². The number of aromatic nitrogens is 1. The van der Waals surface area contributed by atoms with Gasteiger partial charge in [-0.2, -0.15) is 0 Å². The van der Waals surface area contributed by atoms with Crippen molar-refractivity contribution < 1.29 is 19.1 Å². The first-order chi connectivity index (χ1) is 11.8. The molecule has 0 aliphatic carbocycles. The van der Waals surface area contributed by atoms with E-state index in [0.29, 0.717) is 16.6 Å². The first-order valence-corrected chi connectivity index (χ1v) is 8.05. The van der Waals surface area contributed by atoms with Crippen LogP contribution in [0.2, 0.25) is 5.02 Å². The zero-order valence-corrected chi connectivity index (χ0v) is 15.0. The Bertz CT molecular complexity index is 762. The van der Waals surface area contributed by atoms with Crippen molar-refractivity contribution in [3.63, 3.8) is 0 Å². The molecule has 2 rings (SSSR count). The van der Waals surface area contributed by atoms with Crippen LogP contribution in [-0.4, -0.2) is 29.6 Å². The number of benzene rings is 1. The van der Waals surface area contributed by atoms with Crippen molar-refractivity contribution >= 4 is 29.3 Å². The summed E-state index contributed by atoms with van der Waals surface area (Å²) >= 11 is 5.73. The third-order valence-corrected chi connectivity index (χ3v) is 3.57. The van der Waals surface area contributed by atoms with Gasteiger partial charge in [0, 0.05) is 6.20 Å². The molecular formula is C18H19ClN2O4. The van der Waals surface area contributed by atoms with Gasteiger partial charge in [-0.25, -0.2) is 9.78 Å². The fourth-order valence-electron chi connectivity index (χ4n) is 1.96. The summed E-state index contributed by atoms with van der Waals surface area (Å²) in [6, 6.07) is 8.85. The number of carbonyl (C=O) groups excluding carboxylic acids is 2. The van der Waals surface area contributed by atoms with Gasteiger partial charge in [-0.3, -0.25) is 4.79 Å². The van der Waals surface area contributed by atoms with E-state index in [-0.39, 0.29) is 6.61 Å². The van der Waals surface area contributed by atoms with Crippen LogP contribution in [0.5, 0.6) is 5.75 Å². The molecule has 25 heavy (non-hydrogen) atoms. The van der Waals surface area contributed by atoms with Crippen LogP contribution in [0.25, 0.3) is 0 Å². The Labute approximate surface area is 151 Å². The lowest BCUT2D eigenvalue weighted by Crippen LogP contribution is -2.32. The van der Waals surface area contributed by atoms with E-state index in [0.717, 1.165) is 11.1 Å². The molecule has 7 heteroatoms. The largest absolute Gasteiger partial charge is 0.482 e. The van der Waals surface area contributed by atoms with Gasteiger partial charge in [-0.1, -0.05) is 23.7 Å². The van der Waals surface area contributed by atoms with Crippen molar-refractivity contribution in [3.05, 3.63) is 52.7 Å². The van der Waals surface area contributed by atoms with E-state index >= 15 is 0 Å². The van der Waals surface area contributed by atoms with Gasteiger partial charge in [0.25, 0.3) is 5.91 Å². The number of amides is 1. The zero-order valence-electron chi connectivity index (χ0n) is 14.2. The third kappa shape index (κ3) is 5.76. The minimum atomic E-state index is -0.979. The minimum absolute atomic E-state index is 0.277. The van der Waals surface area contributed by atoms with Gasteiger partial charge in [0.1, 0.15) is 11.6 Å². The molecule has 132 valence electrons. The number of ether oxygens (including phenoxy) is 2. The Morgan fingerprint density at radius 2 is 2.00 bits per heavy atom. The highest BCUT2D eigenvalue weighted by Crippen LogP contribution is 2.19. The van der Waals surface area contributed by atoms with E-state index in [2.05, 4.69) is 10.3 Å². The van der Waals surface area contributed by atoms with Gasteiger partial charge < -0.3 is 14.8 Å². The van der Waals surface area contributed by atoms with Crippen molar-refractivity contribution in [2.45, 2.75) is 26.9 Å². The molecule has 0 saturated carbocycles. The first kappa shape index (κ1) is 18.7. The average molecular weight is 363 g/mol. The standard InChI is InChI=1S/C18H19ClN2O4/c1-11-4-5-12(2)15(8-11)24-10-17(22)25-13(3)18(23)21-16-7-6-14(19)9-20-16/h4-9,13H,10H2,1-3H3,(H,20,21,23)/t13-/m0/s1. The zero-order chi connectivity index (χ0) is 18.4. The number of nitrogens with zero attached hydrogens (tertiary/aromatic N) is 1. The highest BCUT2D eigenvalue weighted by molar-refractivity contribution is 6.30. The van der Waals surface area contributed by atoms with Crippen molar-refractivity contribution in [2.75, 3.05) is 11.9 Å². The minimum Gasteiger partial charge on any atom is -0.482 e. The quantitative estimate of drug-likeness (QED) is 0.798. The number of pyridine rings is 1. The molecule has 0 spiro atoms. The lowest BCUT2D eigenvalue weighted by molar-refractivity contribution is -0.155. The van der Waals surface area contributed by atoms with Crippen LogP contribution in [0.4, 0.5) is 5.82 Å². The SMILES string of the molecule is Cc1ccc(C)c(OCC(=O)O[C@@H](C)C(=O)Nc2ccc(Cl)cn2)c1. The lowest BCUT2D eigenvalue weighted by Gasteiger charge is -2.14. The van der Waals surface area contributed by atoms with Gasteiger partial charge in [-0.15, -0.1) is 0 Å². The molecule has 0 aliphatic rings. The summed E-state index contributed by atoms with van der Waals surface area (Å²) < 4.78 is 10.5. The van der Waals surface area contributed by atoms with E-state index in [1.807, 2.05) is 32.0 Å². The summed E-state index contributed by atoms with van der Waals surface area (Å²) in [4.78, 5) is 27.8. The maximum absolute atomic E-state index is 12.0. The summed E-state index contributed by atoms with van der Waals surface area (Å²) in [5.41, 5.74) is 1.94. The van der Waals surface area contributed by atoms with E-state index in [9.17, 15) is 9.59 Å². The number of rotatable bonds is 6. The number of hydrogen-bond donors (Lipinski definition) is 1. The fraction of sp³-hybridized carbons (Fsp3) is 0.278. The van der Waals surface area contributed by atoms with Crippen molar-refractivity contribution in [3.8, 4) is 5.75 Å². The Balaban J connectivity index is 1.83. The van der Waals surface area contributed by atoms with Crippen LogP contribution in [0.1, 0.15) is 18.1 Å². The van der Waals surface area contributed by atoms with E-state index in [1.54, 1.807) is 12.1 Å². The molecule has 1 amide bonds. The second-order valence-corrected chi connectivity index (χ2v) is 5.98. The summed E-state index contributed by atoms with van der Waals surface area (Å²) in [7, 11) is 0. The number of esters is 1. The topological polar surface area (TPSA) is 77.5 Å². The Morgan fingerprint density at radius 3 is 2.68 bits per heavy atom. The maximum Gasteiger partial charge on any atom is 0.344 e. The molecule has 1 N–H and O–H groups in total. The second-order valence-electron chi connectivity index (χ2n) is 5.54. The second kappa shape index (κ2) is 8.48. The lowest BCUT2D eigenvalue weighted by atomic mass is 10.1. The number of hydrogen-bond acceptors (Lipinski definition) is 5. The van der Waals surface area contributed by atoms with Crippen LogP contribution in [0.3, 0.4) is 0 Å². The van der Waals surface area contributed by atoms with Crippen LogP contribution in [-0.2, 0) is 14.3 Å². The molecule has 0 fully saturated rings. The first-order valence-electron chi connectivity index (χ1n) is 7.67. The molecule has 0 unspecified atom stereocenters. The predicted molar refractivity (Wildman–Crippen MR) is 94.8 cm³/mol. The number of aryl methyl sites for hydroxylation is 2. The van der Waals surface area contributed by atoms with Crippen LogP contribution >= 0.6 is 11.6 Å². The summed E-state index contributed by atoms with van der Waals surface area (Å²) in [5.74, 6) is -0.189. The molecule has 0 radical (unpaired) electrons. The molecule has 1 aromatic carbocycles. The van der Waals surface area contributed by atoms with Crippen LogP contribution in [0.15, 0.2) is 36.5 Å². The third-order valence-electron chi connectivity index (χ3n) is 3.35. The number of anilines is 1. The number of nitrogens with one attached hydrogen (secondary N) is 1. The van der Waals surface area contributed by atoms with Gasteiger partial charge in [0.15, 0.2) is 12.7 Å². The van der Waals surface area contributed by atoms with Gasteiger partial charge in [-0.05, 0) is 50.1 Å². The Hall–Kier alpha value is -2.60. The molecule has 6 nitrogen and oxygen atoms in total. The van der Waals surface area contributed by atoms with Gasteiger partial charge in [0.05, 0.1) is 5.02 Å². The smallest absolute Gasteiger partial charge is 0.344 e. The van der Waals surface area contributed by atoms with Crippen molar-refractivity contribution in [2.24, 2.45) is 0 Å². The molecule has 0 saturated heterocycles. The molecule has 0 aliphatic heterocycles. The number of halogens is 1. The molecule has 1 heterocycles.